The smallest absolute Gasteiger partial charge is 0.413 e. The number of ether oxygens (including phenoxy) is 3. The number of nitrogens with two attached hydrogens (primary N) is 1. The highest BCUT2D eigenvalue weighted by Crippen LogP contribution is 2.29. The molecule has 0 fully saturated rings. The molecule has 0 saturated carbocycles. The maximum Gasteiger partial charge on any atom is 0.413 e. The van der Waals surface area contributed by atoms with E-state index in [1.54, 1.807) is 51.1 Å². The third kappa shape index (κ3) is 9.69. The number of amides is 1. The molecular formula is C29H31Cl2N3O10S. The standard InChI is InChI=1S/C29H31Cl2N3O10S/c1-17(26(36)18-7-5-8-19(30)11-18)34(29(2,3)4)28(38)44-16-43-25(35)15-42-27(37)21-12-24(45(32,39)40)22(31)13-23(21)33-14-20-9-6-10-41-20/h5-13,17,33H,14-16H2,1-4H3,(H2,32,39,40). The summed E-state index contributed by atoms with van der Waals surface area (Å²) in [4.78, 5) is 51.8. The second-order valence-corrected chi connectivity index (χ2v) is 12.9. The zero-order chi connectivity index (χ0) is 33.5. The molecule has 45 heavy (non-hydrogen) atoms. The van der Waals surface area contributed by atoms with Crippen LogP contribution in [-0.4, -0.2) is 62.1 Å². The molecule has 3 aromatic rings. The van der Waals surface area contributed by atoms with Crippen LogP contribution < -0.4 is 10.5 Å². The van der Waals surface area contributed by atoms with Gasteiger partial charge in [-0.3, -0.25) is 9.69 Å². The van der Waals surface area contributed by atoms with Crippen molar-refractivity contribution >= 4 is 62.7 Å². The second kappa shape index (κ2) is 14.8. The summed E-state index contributed by atoms with van der Waals surface area (Å²) in [6.07, 6.45) is 0.493. The summed E-state index contributed by atoms with van der Waals surface area (Å²) in [5.74, 6) is -2.10. The summed E-state index contributed by atoms with van der Waals surface area (Å²) in [7, 11) is -4.32. The fourth-order valence-corrected chi connectivity index (χ4v) is 5.44. The van der Waals surface area contributed by atoms with Crippen LogP contribution in [0.3, 0.4) is 0 Å². The number of nitrogens with zero attached hydrogens (tertiary/aromatic N) is 1. The average Bonchev–Trinajstić information content (AvgIpc) is 3.47. The number of hydrogen-bond donors (Lipinski definition) is 2. The van der Waals surface area contributed by atoms with Gasteiger partial charge in [0, 0.05) is 16.1 Å². The molecule has 16 heteroatoms. The summed E-state index contributed by atoms with van der Waals surface area (Å²) in [6.45, 7) is 4.92. The predicted octanol–water partition coefficient (Wildman–Crippen LogP) is 5.01. The van der Waals surface area contributed by atoms with E-state index in [4.69, 9.17) is 47.0 Å². The number of rotatable bonds is 12. The molecule has 0 radical (unpaired) electrons. The maximum absolute atomic E-state index is 13.1. The number of anilines is 1. The van der Waals surface area contributed by atoms with Gasteiger partial charge in [-0.15, -0.1) is 0 Å². The van der Waals surface area contributed by atoms with Gasteiger partial charge in [0.15, 0.2) is 12.4 Å². The van der Waals surface area contributed by atoms with Crippen molar-refractivity contribution in [2.75, 3.05) is 18.7 Å². The van der Waals surface area contributed by atoms with Crippen molar-refractivity contribution in [1.82, 2.24) is 4.90 Å². The Hall–Kier alpha value is -4.11. The number of nitrogens with one attached hydrogen (secondary N) is 1. The van der Waals surface area contributed by atoms with Crippen LogP contribution in [0.1, 0.15) is 54.2 Å². The monoisotopic (exact) mass is 683 g/mol. The third-order valence-electron chi connectivity index (χ3n) is 6.15. The number of halogens is 2. The van der Waals surface area contributed by atoms with Crippen molar-refractivity contribution in [2.24, 2.45) is 5.14 Å². The minimum Gasteiger partial charge on any atom is -0.467 e. The first-order valence-corrected chi connectivity index (χ1v) is 15.5. The van der Waals surface area contributed by atoms with E-state index in [9.17, 15) is 27.6 Å². The van der Waals surface area contributed by atoms with E-state index in [-0.39, 0.29) is 28.6 Å². The lowest BCUT2D eigenvalue weighted by Crippen LogP contribution is -2.53. The highest BCUT2D eigenvalue weighted by molar-refractivity contribution is 7.89. The van der Waals surface area contributed by atoms with Crippen molar-refractivity contribution in [3.63, 3.8) is 0 Å². The Morgan fingerprint density at radius 2 is 1.73 bits per heavy atom. The Balaban J connectivity index is 1.63. The van der Waals surface area contributed by atoms with Crippen LogP contribution in [0.15, 0.2) is 64.1 Å². The third-order valence-corrected chi connectivity index (χ3v) is 7.76. The summed E-state index contributed by atoms with van der Waals surface area (Å²) in [5.41, 5.74) is -0.809. The van der Waals surface area contributed by atoms with Gasteiger partial charge in [0.05, 0.1) is 35.1 Å². The average molecular weight is 685 g/mol. The van der Waals surface area contributed by atoms with Crippen LogP contribution in [0, 0.1) is 0 Å². The summed E-state index contributed by atoms with van der Waals surface area (Å²) < 4.78 is 44.1. The van der Waals surface area contributed by atoms with Gasteiger partial charge < -0.3 is 23.9 Å². The molecule has 1 aromatic heterocycles. The van der Waals surface area contributed by atoms with Crippen LogP contribution in [0.4, 0.5) is 10.5 Å². The van der Waals surface area contributed by atoms with Crippen LogP contribution in [0.2, 0.25) is 10.0 Å². The molecule has 0 saturated heterocycles. The van der Waals surface area contributed by atoms with Gasteiger partial charge in [-0.25, -0.2) is 27.9 Å². The van der Waals surface area contributed by atoms with E-state index in [1.807, 2.05) is 0 Å². The van der Waals surface area contributed by atoms with Crippen LogP contribution in [-0.2, 0) is 35.6 Å². The second-order valence-electron chi connectivity index (χ2n) is 10.5. The van der Waals surface area contributed by atoms with E-state index >= 15 is 0 Å². The molecule has 1 heterocycles. The molecule has 0 bridgehead atoms. The minimum absolute atomic E-state index is 0.0693. The van der Waals surface area contributed by atoms with E-state index < -0.39 is 57.9 Å². The molecule has 0 aliphatic rings. The Labute approximate surface area is 269 Å². The predicted molar refractivity (Wildman–Crippen MR) is 163 cm³/mol. The van der Waals surface area contributed by atoms with Crippen molar-refractivity contribution in [3.8, 4) is 0 Å². The van der Waals surface area contributed by atoms with Crippen molar-refractivity contribution in [2.45, 2.75) is 50.7 Å². The van der Waals surface area contributed by atoms with Gasteiger partial charge >= 0.3 is 18.0 Å². The molecule has 242 valence electrons. The number of furan rings is 1. The zero-order valence-electron chi connectivity index (χ0n) is 24.7. The zero-order valence-corrected chi connectivity index (χ0v) is 27.0. The van der Waals surface area contributed by atoms with Gasteiger partial charge in [0.1, 0.15) is 10.7 Å². The number of esters is 2. The highest BCUT2D eigenvalue weighted by atomic mass is 35.5. The summed E-state index contributed by atoms with van der Waals surface area (Å²) in [6, 6.07) is 10.7. The van der Waals surface area contributed by atoms with E-state index in [0.717, 1.165) is 12.1 Å². The number of ketones is 1. The number of carbonyl (C=O) groups excluding carboxylic acids is 4. The van der Waals surface area contributed by atoms with Gasteiger partial charge in [-0.2, -0.15) is 0 Å². The Morgan fingerprint density at radius 1 is 1.02 bits per heavy atom. The number of primary sulfonamides is 1. The van der Waals surface area contributed by atoms with Gasteiger partial charge in [-0.05, 0) is 64.1 Å². The largest absolute Gasteiger partial charge is 0.467 e. The number of hydrogen-bond acceptors (Lipinski definition) is 11. The maximum atomic E-state index is 13.1. The van der Waals surface area contributed by atoms with Gasteiger partial charge in [0.25, 0.3) is 0 Å². The molecule has 13 nitrogen and oxygen atoms in total. The summed E-state index contributed by atoms with van der Waals surface area (Å²) >= 11 is 12.1. The minimum atomic E-state index is -4.32. The molecule has 1 amide bonds. The number of carbonyl (C=O) groups is 4. The first-order chi connectivity index (χ1) is 21.0. The van der Waals surface area contributed by atoms with Gasteiger partial charge in [0.2, 0.25) is 16.8 Å². The van der Waals surface area contributed by atoms with Crippen molar-refractivity contribution in [3.05, 3.63) is 81.7 Å². The van der Waals surface area contributed by atoms with Crippen LogP contribution in [0.5, 0.6) is 0 Å². The van der Waals surface area contributed by atoms with E-state index in [1.165, 1.54) is 24.2 Å². The quantitative estimate of drug-likeness (QED) is 0.148. The molecule has 2 aromatic carbocycles. The fraction of sp³-hybridized carbons (Fsp3) is 0.310. The molecule has 1 atom stereocenters. The Bertz CT molecular complexity index is 1670. The Morgan fingerprint density at radius 3 is 2.33 bits per heavy atom. The lowest BCUT2D eigenvalue weighted by molar-refractivity contribution is -0.156. The lowest BCUT2D eigenvalue weighted by Gasteiger charge is -2.38. The van der Waals surface area contributed by atoms with Crippen LogP contribution in [0.25, 0.3) is 0 Å². The molecule has 0 aliphatic carbocycles. The first-order valence-electron chi connectivity index (χ1n) is 13.2. The number of benzene rings is 2. The first kappa shape index (κ1) is 35.4. The number of sulfonamides is 1. The molecule has 1 unspecified atom stereocenters. The molecule has 3 N–H and O–H groups in total. The molecular weight excluding hydrogens is 653 g/mol. The SMILES string of the molecule is CC(C(=O)c1cccc(Cl)c1)N(C(=O)OCOC(=O)COC(=O)c1cc(S(N)(=O)=O)c(Cl)cc1NCc1ccco1)C(C)(C)C. The van der Waals surface area contributed by atoms with Gasteiger partial charge in [-0.1, -0.05) is 35.3 Å². The molecule has 0 spiro atoms. The van der Waals surface area contributed by atoms with E-state index in [2.05, 4.69) is 5.32 Å². The van der Waals surface area contributed by atoms with E-state index in [0.29, 0.717) is 16.3 Å². The topological polar surface area (TPSA) is 185 Å². The fourth-order valence-electron chi connectivity index (χ4n) is 4.15. The molecule has 0 aliphatic heterocycles. The van der Waals surface area contributed by atoms with Crippen molar-refractivity contribution in [1.29, 1.82) is 0 Å². The summed E-state index contributed by atoms with van der Waals surface area (Å²) in [5, 5.41) is 8.18. The van der Waals surface area contributed by atoms with Crippen molar-refractivity contribution < 1.29 is 46.2 Å². The Kier molecular flexibility index (Phi) is 11.6. The number of Topliss-reactive ketones (excluding diaryl/α,β-unsaturated/α-hetero) is 1. The normalized spacial score (nSPS) is 12.2. The molecule has 3 rings (SSSR count). The van der Waals surface area contributed by atoms with Crippen LogP contribution >= 0.6 is 23.2 Å². The highest BCUT2D eigenvalue weighted by Gasteiger charge is 2.36. The lowest BCUT2D eigenvalue weighted by atomic mass is 9.98.